The van der Waals surface area contributed by atoms with Crippen LogP contribution >= 0.6 is 11.3 Å². The molecule has 0 atom stereocenters. The average molecular weight is 417 g/mol. The van der Waals surface area contributed by atoms with E-state index in [1.165, 1.54) is 17.7 Å². The summed E-state index contributed by atoms with van der Waals surface area (Å²) in [6.45, 7) is 8.19. The molecule has 6 nitrogen and oxygen atoms in total. The molecule has 1 saturated carbocycles. The van der Waals surface area contributed by atoms with Gasteiger partial charge in [-0.2, -0.15) is 0 Å². The number of nitrogens with zero attached hydrogens (tertiary/aromatic N) is 2. The molecule has 1 aliphatic carbocycles. The maximum atomic E-state index is 6.33. The number of aliphatic imine (C=N–C) groups is 1. The maximum Gasteiger partial charge on any atom is 0.191 e. The molecule has 1 aliphatic rings. The molecular weight excluding hydrogens is 384 g/mol. The monoisotopic (exact) mass is 416 g/mol. The summed E-state index contributed by atoms with van der Waals surface area (Å²) in [7, 11) is 1.69. The Balaban J connectivity index is 1.73. The van der Waals surface area contributed by atoms with Crippen LogP contribution in [0.3, 0.4) is 0 Å². The van der Waals surface area contributed by atoms with Crippen molar-refractivity contribution in [3.8, 4) is 11.5 Å². The third-order valence-electron chi connectivity index (χ3n) is 5.03. The molecule has 1 aromatic heterocycles. The predicted molar refractivity (Wildman–Crippen MR) is 119 cm³/mol. The van der Waals surface area contributed by atoms with Crippen LogP contribution in [0.25, 0.3) is 0 Å². The van der Waals surface area contributed by atoms with Gasteiger partial charge < -0.3 is 20.1 Å². The van der Waals surface area contributed by atoms with E-state index in [2.05, 4.69) is 28.6 Å². The second-order valence-electron chi connectivity index (χ2n) is 7.26. The molecule has 1 aromatic carbocycles. The summed E-state index contributed by atoms with van der Waals surface area (Å²) in [6.07, 6.45) is 4.96. The van der Waals surface area contributed by atoms with E-state index in [-0.39, 0.29) is 6.10 Å². The number of thiazole rings is 1. The molecule has 0 amide bonds. The highest BCUT2D eigenvalue weighted by Gasteiger charge is 2.20. The summed E-state index contributed by atoms with van der Waals surface area (Å²) in [4.78, 5) is 10.5. The van der Waals surface area contributed by atoms with Gasteiger partial charge in [0.15, 0.2) is 17.5 Å². The molecule has 0 aliphatic heterocycles. The van der Waals surface area contributed by atoms with Gasteiger partial charge in [0.2, 0.25) is 0 Å². The Bertz CT molecular complexity index is 828. The lowest BCUT2D eigenvalue weighted by molar-refractivity contribution is 0.198. The van der Waals surface area contributed by atoms with Crippen LogP contribution in [0.4, 0.5) is 0 Å². The van der Waals surface area contributed by atoms with E-state index in [1.807, 2.05) is 26.0 Å². The Morgan fingerprint density at radius 1 is 1.24 bits per heavy atom. The smallest absolute Gasteiger partial charge is 0.191 e. The largest absolute Gasteiger partial charge is 0.493 e. The van der Waals surface area contributed by atoms with Crippen LogP contribution in [0, 0.1) is 13.8 Å². The lowest BCUT2D eigenvalue weighted by atomic mass is 10.1. The molecule has 3 rings (SSSR count). The van der Waals surface area contributed by atoms with Gasteiger partial charge in [0.1, 0.15) is 0 Å². The van der Waals surface area contributed by atoms with Crippen molar-refractivity contribution < 1.29 is 9.47 Å². The lowest BCUT2D eigenvalue weighted by Crippen LogP contribution is -2.36. The Morgan fingerprint density at radius 2 is 2.03 bits per heavy atom. The number of hydrogen-bond donors (Lipinski definition) is 2. The van der Waals surface area contributed by atoms with Gasteiger partial charge in [-0.3, -0.25) is 0 Å². The summed E-state index contributed by atoms with van der Waals surface area (Å²) >= 11 is 1.72. The van der Waals surface area contributed by atoms with Crippen molar-refractivity contribution in [2.24, 2.45) is 4.99 Å². The van der Waals surface area contributed by atoms with Crippen molar-refractivity contribution in [3.05, 3.63) is 39.3 Å². The molecule has 1 heterocycles. The zero-order valence-corrected chi connectivity index (χ0v) is 18.7. The van der Waals surface area contributed by atoms with Crippen LogP contribution < -0.4 is 20.1 Å². The van der Waals surface area contributed by atoms with Gasteiger partial charge in [0.05, 0.1) is 37.0 Å². The summed E-state index contributed by atoms with van der Waals surface area (Å²) in [6, 6.07) is 6.02. The highest BCUT2D eigenvalue weighted by Crippen LogP contribution is 2.35. The van der Waals surface area contributed by atoms with Gasteiger partial charge in [-0.05, 0) is 52.5 Å². The van der Waals surface area contributed by atoms with E-state index < -0.39 is 0 Å². The Hall–Kier alpha value is -2.28. The minimum Gasteiger partial charge on any atom is -0.493 e. The molecule has 29 heavy (non-hydrogen) atoms. The number of nitrogens with one attached hydrogen (secondary N) is 2. The number of methoxy groups -OCH3 is 1. The van der Waals surface area contributed by atoms with Crippen LogP contribution in [0.15, 0.2) is 23.2 Å². The van der Waals surface area contributed by atoms with Crippen molar-refractivity contribution in [2.75, 3.05) is 13.7 Å². The number of aryl methyl sites for hydroxylation is 2. The number of rotatable bonds is 8. The maximum absolute atomic E-state index is 6.33. The van der Waals surface area contributed by atoms with Gasteiger partial charge in [0.25, 0.3) is 0 Å². The van der Waals surface area contributed by atoms with Gasteiger partial charge in [-0.25, -0.2) is 9.98 Å². The highest BCUT2D eigenvalue weighted by atomic mass is 32.1. The second kappa shape index (κ2) is 10.5. The van der Waals surface area contributed by atoms with E-state index in [4.69, 9.17) is 14.5 Å². The highest BCUT2D eigenvalue weighted by molar-refractivity contribution is 7.11. The number of hydrogen-bond acceptors (Lipinski definition) is 5. The summed E-state index contributed by atoms with van der Waals surface area (Å²) in [5.41, 5.74) is 2.12. The van der Waals surface area contributed by atoms with E-state index in [0.717, 1.165) is 53.1 Å². The van der Waals surface area contributed by atoms with Crippen LogP contribution in [-0.2, 0) is 13.1 Å². The Morgan fingerprint density at radius 3 is 2.69 bits per heavy atom. The van der Waals surface area contributed by atoms with Crippen molar-refractivity contribution in [2.45, 2.75) is 65.6 Å². The number of ether oxygens (including phenoxy) is 2. The van der Waals surface area contributed by atoms with E-state index in [1.54, 1.807) is 18.4 Å². The summed E-state index contributed by atoms with van der Waals surface area (Å²) in [5, 5.41) is 7.83. The van der Waals surface area contributed by atoms with Gasteiger partial charge >= 0.3 is 0 Å². The molecule has 1 fully saturated rings. The molecular formula is C22H32N4O2S. The Kier molecular flexibility index (Phi) is 7.75. The number of para-hydroxylation sites is 1. The van der Waals surface area contributed by atoms with E-state index in [9.17, 15) is 0 Å². The van der Waals surface area contributed by atoms with Crippen molar-refractivity contribution in [3.63, 3.8) is 0 Å². The predicted octanol–water partition coefficient (Wildman–Crippen LogP) is 4.35. The second-order valence-corrected chi connectivity index (χ2v) is 8.55. The zero-order chi connectivity index (χ0) is 20.6. The average Bonchev–Trinajstić information content (AvgIpc) is 3.33. The summed E-state index contributed by atoms with van der Waals surface area (Å²) in [5.74, 6) is 2.39. The fourth-order valence-electron chi connectivity index (χ4n) is 3.56. The molecule has 2 N–H and O–H groups in total. The molecule has 0 radical (unpaired) electrons. The molecule has 0 spiro atoms. The first-order valence-electron chi connectivity index (χ1n) is 10.4. The zero-order valence-electron chi connectivity index (χ0n) is 17.9. The quantitative estimate of drug-likeness (QED) is 0.495. The molecule has 7 heteroatoms. The van der Waals surface area contributed by atoms with Crippen molar-refractivity contribution >= 4 is 17.3 Å². The normalized spacial score (nSPS) is 14.8. The molecule has 0 unspecified atom stereocenters. The minimum atomic E-state index is 0.276. The third kappa shape index (κ3) is 5.85. The van der Waals surface area contributed by atoms with Crippen LogP contribution in [0.1, 0.15) is 53.7 Å². The molecule has 158 valence electrons. The molecule has 2 aromatic rings. The van der Waals surface area contributed by atoms with Crippen LogP contribution in [-0.4, -0.2) is 30.7 Å². The SMILES string of the molecule is CCNC(=NCc1cccc(OC)c1OC1CCCC1)NCc1sc(C)nc1C. The van der Waals surface area contributed by atoms with Crippen LogP contribution in [0.2, 0.25) is 0 Å². The topological polar surface area (TPSA) is 67.8 Å². The van der Waals surface area contributed by atoms with Gasteiger partial charge in [0, 0.05) is 17.0 Å². The fraction of sp³-hybridized carbons (Fsp3) is 0.545. The van der Waals surface area contributed by atoms with Crippen LogP contribution in [0.5, 0.6) is 11.5 Å². The molecule has 0 bridgehead atoms. The van der Waals surface area contributed by atoms with E-state index >= 15 is 0 Å². The Labute approximate surface area is 177 Å². The first-order valence-corrected chi connectivity index (χ1v) is 11.2. The fourth-order valence-corrected chi connectivity index (χ4v) is 4.44. The number of guanidine groups is 1. The number of aromatic nitrogens is 1. The first kappa shape index (κ1) is 21.4. The van der Waals surface area contributed by atoms with Gasteiger partial charge in [-0.1, -0.05) is 12.1 Å². The van der Waals surface area contributed by atoms with Crippen molar-refractivity contribution in [1.29, 1.82) is 0 Å². The standard InChI is InChI=1S/C22H32N4O2S/c1-5-23-22(25-14-20-15(2)26-16(3)29-20)24-13-17-9-8-12-19(27-4)21(17)28-18-10-6-7-11-18/h8-9,12,18H,5-7,10-11,13-14H2,1-4H3,(H2,23,24,25). The third-order valence-corrected chi connectivity index (χ3v) is 6.11. The van der Waals surface area contributed by atoms with Crippen molar-refractivity contribution in [1.82, 2.24) is 15.6 Å². The summed E-state index contributed by atoms with van der Waals surface area (Å²) < 4.78 is 11.9. The van der Waals surface area contributed by atoms with Gasteiger partial charge in [-0.15, -0.1) is 11.3 Å². The minimum absolute atomic E-state index is 0.276. The first-order chi connectivity index (χ1) is 14.1. The number of benzene rings is 1. The van der Waals surface area contributed by atoms with E-state index in [0.29, 0.717) is 13.1 Å². The molecule has 0 saturated heterocycles. The lowest BCUT2D eigenvalue weighted by Gasteiger charge is -2.19.